The third-order valence-corrected chi connectivity index (χ3v) is 5.83. The van der Waals surface area contributed by atoms with Gasteiger partial charge in [0.25, 0.3) is 0 Å². The van der Waals surface area contributed by atoms with Crippen molar-refractivity contribution in [2.75, 3.05) is 13.7 Å². The maximum atomic E-state index is 13.1. The number of fused-ring (bicyclic) bond motifs is 3. The molecule has 5 rings (SSSR count). The Hall–Kier alpha value is -3.31. The Kier molecular flexibility index (Phi) is 4.89. The highest BCUT2D eigenvalue weighted by atomic mass is 19.1. The van der Waals surface area contributed by atoms with Gasteiger partial charge in [-0.05, 0) is 54.1 Å². The monoisotopic (exact) mass is 403 g/mol. The molecule has 1 aromatic heterocycles. The molecule has 1 atom stereocenters. The number of aromatic nitrogens is 1. The lowest BCUT2D eigenvalue weighted by molar-refractivity contribution is -0.690. The number of H-pyrrole nitrogens is 1. The molecule has 0 radical (unpaired) electrons. The summed E-state index contributed by atoms with van der Waals surface area (Å²) in [5.41, 5.74) is 6.06. The summed E-state index contributed by atoms with van der Waals surface area (Å²) >= 11 is 0. The number of benzene rings is 3. The van der Waals surface area contributed by atoms with E-state index >= 15 is 0 Å². The molecular formula is C25H24FN2O2+. The average molecular weight is 403 g/mol. The SMILES string of the molecule is COc1ccc([C@H]2[NH2+]CCc3c2[nH]c2ccccc32)cc1COc1ccc(F)cc1. The molecule has 0 aliphatic carbocycles. The van der Waals surface area contributed by atoms with Crippen molar-refractivity contribution < 1.29 is 19.2 Å². The minimum Gasteiger partial charge on any atom is -0.496 e. The first kappa shape index (κ1) is 18.7. The molecule has 0 fully saturated rings. The molecule has 5 heteroatoms. The highest BCUT2D eigenvalue weighted by Gasteiger charge is 2.29. The molecule has 3 aromatic carbocycles. The van der Waals surface area contributed by atoms with Crippen molar-refractivity contribution in [1.82, 2.24) is 4.98 Å². The largest absolute Gasteiger partial charge is 0.496 e. The molecule has 0 saturated heterocycles. The highest BCUT2D eigenvalue weighted by Crippen LogP contribution is 2.32. The van der Waals surface area contributed by atoms with Crippen molar-refractivity contribution in [2.45, 2.75) is 19.1 Å². The van der Waals surface area contributed by atoms with Gasteiger partial charge in [0.1, 0.15) is 23.9 Å². The Morgan fingerprint density at radius 3 is 2.73 bits per heavy atom. The van der Waals surface area contributed by atoms with Gasteiger partial charge in [0.05, 0.1) is 19.3 Å². The number of nitrogens with two attached hydrogens (primary N) is 1. The molecular weight excluding hydrogens is 379 g/mol. The van der Waals surface area contributed by atoms with E-state index in [0.717, 1.165) is 24.3 Å². The summed E-state index contributed by atoms with van der Waals surface area (Å²) < 4.78 is 24.6. The molecule has 0 spiro atoms. The molecule has 30 heavy (non-hydrogen) atoms. The van der Waals surface area contributed by atoms with Crippen LogP contribution in [0.3, 0.4) is 0 Å². The normalized spacial score (nSPS) is 15.7. The van der Waals surface area contributed by atoms with Crippen LogP contribution in [-0.4, -0.2) is 18.6 Å². The molecule has 2 heterocycles. The molecule has 152 valence electrons. The number of methoxy groups -OCH3 is 1. The average Bonchev–Trinajstić information content (AvgIpc) is 3.17. The van der Waals surface area contributed by atoms with Crippen LogP contribution in [0, 0.1) is 5.82 Å². The lowest BCUT2D eigenvalue weighted by Crippen LogP contribution is -2.87. The van der Waals surface area contributed by atoms with Crippen molar-refractivity contribution >= 4 is 10.9 Å². The first-order chi connectivity index (χ1) is 14.7. The van der Waals surface area contributed by atoms with Crippen LogP contribution in [0.2, 0.25) is 0 Å². The first-order valence-electron chi connectivity index (χ1n) is 10.2. The number of nitrogens with one attached hydrogen (secondary N) is 1. The molecule has 4 aromatic rings. The van der Waals surface area contributed by atoms with Crippen LogP contribution in [0.15, 0.2) is 66.7 Å². The van der Waals surface area contributed by atoms with Gasteiger partial charge < -0.3 is 19.8 Å². The van der Waals surface area contributed by atoms with E-state index in [9.17, 15) is 4.39 Å². The fourth-order valence-electron chi connectivity index (χ4n) is 4.37. The van der Waals surface area contributed by atoms with E-state index in [2.05, 4.69) is 46.7 Å². The number of quaternary nitrogens is 1. The number of hydrogen-bond donors (Lipinski definition) is 2. The number of hydrogen-bond acceptors (Lipinski definition) is 2. The second-order valence-electron chi connectivity index (χ2n) is 7.63. The second-order valence-corrected chi connectivity index (χ2v) is 7.63. The molecule has 0 unspecified atom stereocenters. The Bertz CT molecular complexity index is 1180. The summed E-state index contributed by atoms with van der Waals surface area (Å²) in [5.74, 6) is 1.14. The number of ether oxygens (including phenoxy) is 2. The van der Waals surface area contributed by atoms with Crippen LogP contribution < -0.4 is 14.8 Å². The van der Waals surface area contributed by atoms with E-state index in [1.54, 1.807) is 19.2 Å². The van der Waals surface area contributed by atoms with Gasteiger partial charge in [-0.3, -0.25) is 0 Å². The zero-order valence-corrected chi connectivity index (χ0v) is 16.8. The van der Waals surface area contributed by atoms with E-state index in [1.165, 1.54) is 39.9 Å². The number of para-hydroxylation sites is 1. The Labute approximate surface area is 174 Å². The van der Waals surface area contributed by atoms with Crippen molar-refractivity contribution in [3.05, 3.63) is 94.9 Å². The number of aromatic amines is 1. The standard InChI is InChI=1S/C25H23FN2O2/c1-29-23-11-6-16(14-17(23)15-30-19-9-7-18(26)8-10-19)24-25-21(12-13-27-24)20-4-2-3-5-22(20)28-25/h2-11,14,24,27-28H,12-13,15H2,1H3/p+1/t24-/m1/s1. The van der Waals surface area contributed by atoms with Gasteiger partial charge >= 0.3 is 0 Å². The zero-order chi connectivity index (χ0) is 20.5. The lowest BCUT2D eigenvalue weighted by Gasteiger charge is -2.22. The Morgan fingerprint density at radius 2 is 1.90 bits per heavy atom. The van der Waals surface area contributed by atoms with E-state index in [0.29, 0.717) is 12.4 Å². The van der Waals surface area contributed by atoms with Crippen LogP contribution in [-0.2, 0) is 13.0 Å². The minimum atomic E-state index is -0.274. The van der Waals surface area contributed by atoms with Gasteiger partial charge in [-0.1, -0.05) is 18.2 Å². The summed E-state index contributed by atoms with van der Waals surface area (Å²) in [6, 6.07) is 21.1. The zero-order valence-electron chi connectivity index (χ0n) is 16.8. The van der Waals surface area contributed by atoms with Crippen molar-refractivity contribution in [3.8, 4) is 11.5 Å². The van der Waals surface area contributed by atoms with E-state index in [4.69, 9.17) is 9.47 Å². The van der Waals surface area contributed by atoms with Crippen molar-refractivity contribution in [1.29, 1.82) is 0 Å². The first-order valence-corrected chi connectivity index (χ1v) is 10.2. The third kappa shape index (κ3) is 3.42. The second kappa shape index (κ2) is 7.84. The maximum Gasteiger partial charge on any atom is 0.153 e. The molecule has 1 aliphatic rings. The van der Waals surface area contributed by atoms with Crippen LogP contribution in [0.5, 0.6) is 11.5 Å². The molecule has 0 saturated carbocycles. The van der Waals surface area contributed by atoms with Gasteiger partial charge in [-0.2, -0.15) is 0 Å². The van der Waals surface area contributed by atoms with Crippen LogP contribution in [0.25, 0.3) is 10.9 Å². The fourth-order valence-corrected chi connectivity index (χ4v) is 4.37. The fraction of sp³-hybridized carbons (Fsp3) is 0.200. The molecule has 0 amide bonds. The van der Waals surface area contributed by atoms with E-state index in [-0.39, 0.29) is 11.9 Å². The summed E-state index contributed by atoms with van der Waals surface area (Å²) in [6.07, 6.45) is 1.06. The molecule has 4 nitrogen and oxygen atoms in total. The predicted octanol–water partition coefficient (Wildman–Crippen LogP) is 4.10. The molecule has 1 aliphatic heterocycles. The van der Waals surface area contributed by atoms with Gasteiger partial charge in [0.2, 0.25) is 0 Å². The Balaban J connectivity index is 1.47. The summed E-state index contributed by atoms with van der Waals surface area (Å²) in [4.78, 5) is 3.65. The number of rotatable bonds is 5. The topological polar surface area (TPSA) is 50.9 Å². The molecule has 3 N–H and O–H groups in total. The lowest BCUT2D eigenvalue weighted by atomic mass is 9.93. The smallest absolute Gasteiger partial charge is 0.153 e. The maximum absolute atomic E-state index is 13.1. The van der Waals surface area contributed by atoms with E-state index in [1.807, 2.05) is 6.07 Å². The Morgan fingerprint density at radius 1 is 1.07 bits per heavy atom. The van der Waals surface area contributed by atoms with Crippen molar-refractivity contribution in [2.24, 2.45) is 0 Å². The van der Waals surface area contributed by atoms with Crippen LogP contribution in [0.4, 0.5) is 4.39 Å². The minimum absolute atomic E-state index is 0.205. The predicted molar refractivity (Wildman–Crippen MR) is 114 cm³/mol. The summed E-state index contributed by atoms with van der Waals surface area (Å²) in [6.45, 7) is 1.40. The summed E-state index contributed by atoms with van der Waals surface area (Å²) in [7, 11) is 1.67. The highest BCUT2D eigenvalue weighted by molar-refractivity contribution is 5.85. The quantitative estimate of drug-likeness (QED) is 0.527. The van der Waals surface area contributed by atoms with Gasteiger partial charge in [-0.25, -0.2) is 4.39 Å². The van der Waals surface area contributed by atoms with Gasteiger partial charge in [0, 0.05) is 28.5 Å². The van der Waals surface area contributed by atoms with Crippen LogP contribution >= 0.6 is 0 Å². The van der Waals surface area contributed by atoms with Crippen LogP contribution in [0.1, 0.15) is 28.4 Å². The van der Waals surface area contributed by atoms with E-state index < -0.39 is 0 Å². The van der Waals surface area contributed by atoms with Gasteiger partial charge in [-0.15, -0.1) is 0 Å². The van der Waals surface area contributed by atoms with Crippen molar-refractivity contribution in [3.63, 3.8) is 0 Å². The summed E-state index contributed by atoms with van der Waals surface area (Å²) in [5, 5.41) is 3.70. The number of halogens is 1. The molecule has 0 bridgehead atoms. The third-order valence-electron chi connectivity index (χ3n) is 5.83. The van der Waals surface area contributed by atoms with Gasteiger partial charge in [0.15, 0.2) is 6.04 Å².